The Morgan fingerprint density at radius 2 is 1.91 bits per heavy atom. The second kappa shape index (κ2) is 6.69. The highest BCUT2D eigenvalue weighted by Gasteiger charge is 2.35. The molecule has 0 aliphatic carbocycles. The number of nitrogens with zero attached hydrogens (tertiary/aromatic N) is 2. The summed E-state index contributed by atoms with van der Waals surface area (Å²) < 4.78 is 13.0. The van der Waals surface area contributed by atoms with Crippen molar-refractivity contribution in [2.75, 3.05) is 18.5 Å². The average Bonchev–Trinajstić information content (AvgIpc) is 2.92. The smallest absolute Gasteiger partial charge is 0.244 e. The van der Waals surface area contributed by atoms with Gasteiger partial charge < -0.3 is 4.90 Å². The molecule has 1 atom stereocenters. The zero-order valence-electron chi connectivity index (χ0n) is 12.9. The number of amides is 1. The van der Waals surface area contributed by atoms with Crippen LogP contribution in [0.25, 0.3) is 0 Å². The van der Waals surface area contributed by atoms with Crippen LogP contribution in [0.1, 0.15) is 12.0 Å². The molecule has 0 radical (unpaired) electrons. The van der Waals surface area contributed by atoms with Crippen LogP contribution >= 0.6 is 11.6 Å². The van der Waals surface area contributed by atoms with Gasteiger partial charge in [0.05, 0.1) is 16.8 Å². The minimum atomic E-state index is -0.252. The van der Waals surface area contributed by atoms with Gasteiger partial charge in [-0.3, -0.25) is 9.69 Å². The summed E-state index contributed by atoms with van der Waals surface area (Å²) in [5.74, 6) is -0.194. The number of likely N-dealkylation sites (N-methyl/N-ethyl adjacent to an activating group) is 1. The molecule has 23 heavy (non-hydrogen) atoms. The number of rotatable bonds is 4. The zero-order chi connectivity index (χ0) is 16.4. The highest BCUT2D eigenvalue weighted by molar-refractivity contribution is 6.33. The van der Waals surface area contributed by atoms with Crippen LogP contribution in [0.2, 0.25) is 5.02 Å². The third-order valence-corrected chi connectivity index (χ3v) is 4.52. The van der Waals surface area contributed by atoms with Gasteiger partial charge in [0, 0.05) is 13.1 Å². The predicted octanol–water partition coefficient (Wildman–Crippen LogP) is 3.72. The maximum atomic E-state index is 13.0. The third-order valence-electron chi connectivity index (χ3n) is 4.20. The summed E-state index contributed by atoms with van der Waals surface area (Å²) in [7, 11) is 1.92. The number of hydrogen-bond donors (Lipinski definition) is 0. The van der Waals surface area contributed by atoms with Gasteiger partial charge in [0.15, 0.2) is 0 Å². The van der Waals surface area contributed by atoms with E-state index in [0.29, 0.717) is 18.1 Å². The van der Waals surface area contributed by atoms with E-state index in [0.717, 1.165) is 17.7 Å². The Labute approximate surface area is 140 Å². The summed E-state index contributed by atoms with van der Waals surface area (Å²) >= 11 is 6.20. The normalized spacial score (nSPS) is 18.0. The van der Waals surface area contributed by atoms with Crippen molar-refractivity contribution in [1.82, 2.24) is 4.90 Å². The quantitative estimate of drug-likeness (QED) is 0.852. The van der Waals surface area contributed by atoms with Gasteiger partial charge in [-0.25, -0.2) is 4.39 Å². The van der Waals surface area contributed by atoms with Gasteiger partial charge in [-0.2, -0.15) is 0 Å². The molecule has 3 nitrogen and oxygen atoms in total. The molecule has 0 N–H and O–H groups in total. The molecule has 2 aromatic carbocycles. The van der Waals surface area contributed by atoms with E-state index in [9.17, 15) is 9.18 Å². The van der Waals surface area contributed by atoms with Crippen molar-refractivity contribution in [2.24, 2.45) is 0 Å². The monoisotopic (exact) mass is 332 g/mol. The minimum absolute atomic E-state index is 0.0581. The van der Waals surface area contributed by atoms with Gasteiger partial charge >= 0.3 is 0 Å². The van der Waals surface area contributed by atoms with Gasteiger partial charge in [-0.05, 0) is 43.3 Å². The Bertz CT molecular complexity index is 704. The number of carbonyl (C=O) groups is 1. The van der Waals surface area contributed by atoms with Crippen LogP contribution in [0.3, 0.4) is 0 Å². The lowest BCUT2D eigenvalue weighted by Gasteiger charge is -2.24. The predicted molar refractivity (Wildman–Crippen MR) is 90.1 cm³/mol. The molecule has 1 amide bonds. The molecule has 1 aliphatic rings. The maximum Gasteiger partial charge on any atom is 0.244 e. The second-order valence-corrected chi connectivity index (χ2v) is 6.19. The number of para-hydroxylation sites is 1. The Morgan fingerprint density at radius 1 is 1.22 bits per heavy atom. The van der Waals surface area contributed by atoms with E-state index in [1.807, 2.05) is 30.1 Å². The first-order valence-electron chi connectivity index (χ1n) is 7.57. The number of carbonyl (C=O) groups excluding carboxylic acids is 1. The van der Waals surface area contributed by atoms with E-state index in [4.69, 9.17) is 11.6 Å². The number of hydrogen-bond acceptors (Lipinski definition) is 2. The zero-order valence-corrected chi connectivity index (χ0v) is 13.6. The van der Waals surface area contributed by atoms with Gasteiger partial charge in [0.25, 0.3) is 0 Å². The first kappa shape index (κ1) is 16.0. The first-order chi connectivity index (χ1) is 11.1. The fourth-order valence-electron chi connectivity index (χ4n) is 2.97. The summed E-state index contributed by atoms with van der Waals surface area (Å²) in [6, 6.07) is 13.6. The van der Waals surface area contributed by atoms with E-state index < -0.39 is 0 Å². The lowest BCUT2D eigenvalue weighted by Crippen LogP contribution is -2.39. The summed E-state index contributed by atoms with van der Waals surface area (Å²) in [5.41, 5.74) is 1.75. The van der Waals surface area contributed by atoms with E-state index in [-0.39, 0.29) is 17.8 Å². The van der Waals surface area contributed by atoms with Gasteiger partial charge in [-0.15, -0.1) is 0 Å². The van der Waals surface area contributed by atoms with E-state index >= 15 is 0 Å². The molecule has 0 saturated carbocycles. The molecule has 0 spiro atoms. The van der Waals surface area contributed by atoms with Crippen LogP contribution in [0.5, 0.6) is 0 Å². The molecule has 3 rings (SSSR count). The van der Waals surface area contributed by atoms with Crippen LogP contribution in [0, 0.1) is 5.82 Å². The van der Waals surface area contributed by atoms with Crippen LogP contribution in [0.4, 0.5) is 10.1 Å². The van der Waals surface area contributed by atoms with E-state index in [2.05, 4.69) is 0 Å². The first-order valence-corrected chi connectivity index (χ1v) is 7.94. The summed E-state index contributed by atoms with van der Waals surface area (Å²) in [6.45, 7) is 1.26. The molecular formula is C18H18ClFN2O. The topological polar surface area (TPSA) is 23.6 Å². The van der Waals surface area contributed by atoms with Crippen molar-refractivity contribution < 1.29 is 9.18 Å². The molecule has 1 aliphatic heterocycles. The maximum absolute atomic E-state index is 13.0. The molecule has 120 valence electrons. The van der Waals surface area contributed by atoms with Gasteiger partial charge in [0.1, 0.15) is 5.82 Å². The van der Waals surface area contributed by atoms with Crippen molar-refractivity contribution >= 4 is 23.2 Å². The molecule has 0 unspecified atom stereocenters. The Balaban J connectivity index is 1.71. The molecule has 2 aromatic rings. The molecule has 1 saturated heterocycles. The van der Waals surface area contributed by atoms with Crippen LogP contribution < -0.4 is 4.90 Å². The Kier molecular flexibility index (Phi) is 4.64. The minimum Gasteiger partial charge on any atom is -0.310 e. The van der Waals surface area contributed by atoms with Crippen LogP contribution in [-0.4, -0.2) is 30.4 Å². The lowest BCUT2D eigenvalue weighted by molar-refractivity contribution is -0.121. The fraction of sp³-hybridized carbons (Fsp3) is 0.278. The summed E-state index contributed by atoms with van der Waals surface area (Å²) in [4.78, 5) is 16.5. The Hall–Kier alpha value is -1.91. The average molecular weight is 333 g/mol. The second-order valence-electron chi connectivity index (χ2n) is 5.79. The molecular weight excluding hydrogens is 315 g/mol. The van der Waals surface area contributed by atoms with Crippen molar-refractivity contribution in [3.05, 3.63) is 64.9 Å². The van der Waals surface area contributed by atoms with Crippen molar-refractivity contribution in [2.45, 2.75) is 19.0 Å². The lowest BCUT2D eigenvalue weighted by atomic mass is 10.1. The molecule has 1 fully saturated rings. The van der Waals surface area contributed by atoms with E-state index in [1.165, 1.54) is 12.1 Å². The number of benzene rings is 2. The third kappa shape index (κ3) is 3.38. The summed E-state index contributed by atoms with van der Waals surface area (Å²) in [6.07, 6.45) is 0.752. The molecule has 1 heterocycles. The number of halogens is 2. The standard InChI is InChI=1S/C18H18ClFN2O/c1-21(12-13-6-8-14(20)9-7-13)17-10-11-22(18(17)23)16-5-3-2-4-15(16)19/h2-9,17H,10-12H2,1H3/t17-/m1/s1. The fourth-order valence-corrected chi connectivity index (χ4v) is 3.21. The van der Waals surface area contributed by atoms with Crippen LogP contribution in [0.15, 0.2) is 48.5 Å². The van der Waals surface area contributed by atoms with Crippen molar-refractivity contribution in [3.8, 4) is 0 Å². The summed E-state index contributed by atoms with van der Waals surface area (Å²) in [5, 5.41) is 0.586. The Morgan fingerprint density at radius 3 is 2.61 bits per heavy atom. The van der Waals surface area contributed by atoms with Crippen molar-refractivity contribution in [1.29, 1.82) is 0 Å². The number of anilines is 1. The van der Waals surface area contributed by atoms with Crippen molar-refractivity contribution in [3.63, 3.8) is 0 Å². The molecule has 5 heteroatoms. The van der Waals surface area contributed by atoms with Gasteiger partial charge in [-0.1, -0.05) is 35.9 Å². The highest BCUT2D eigenvalue weighted by atomic mass is 35.5. The molecule has 0 aromatic heterocycles. The molecule has 0 bridgehead atoms. The van der Waals surface area contributed by atoms with Crippen LogP contribution in [-0.2, 0) is 11.3 Å². The SMILES string of the molecule is CN(Cc1ccc(F)cc1)[C@@H]1CCN(c2ccccc2Cl)C1=O. The largest absolute Gasteiger partial charge is 0.310 e. The van der Waals surface area contributed by atoms with E-state index in [1.54, 1.807) is 23.1 Å². The highest BCUT2D eigenvalue weighted by Crippen LogP contribution is 2.30. The van der Waals surface area contributed by atoms with Gasteiger partial charge in [0.2, 0.25) is 5.91 Å².